The van der Waals surface area contributed by atoms with Crippen LogP contribution in [0.1, 0.15) is 0 Å². The van der Waals surface area contributed by atoms with E-state index in [1.165, 1.54) is 0 Å². The molecule has 0 spiro atoms. The van der Waals surface area contributed by atoms with E-state index < -0.39 is 0 Å². The van der Waals surface area contributed by atoms with Gasteiger partial charge in [-0.1, -0.05) is 60.1 Å². The number of fused-ring (bicyclic) bond motifs is 5. The molecule has 0 bridgehead atoms. The second kappa shape index (κ2) is 5.05. The Balaban J connectivity index is 1.97. The summed E-state index contributed by atoms with van der Waals surface area (Å²) in [6.07, 6.45) is 0. The normalized spacial score (nSPS) is 11.5. The van der Waals surface area contributed by atoms with Gasteiger partial charge in [0.15, 0.2) is 5.65 Å². The lowest BCUT2D eigenvalue weighted by molar-refractivity contribution is 0.985. The van der Waals surface area contributed by atoms with Crippen LogP contribution in [0.2, 0.25) is 5.02 Å². The number of imidazole rings is 1. The first-order valence-corrected chi connectivity index (χ1v) is 8.11. The van der Waals surface area contributed by atoms with Crippen LogP contribution in [0.3, 0.4) is 0 Å². The standard InChI is InChI=1S/C20H12ClN3/c21-14-11-9-13(10-12-14)19-15-5-1-2-6-16(15)20-22-17-7-3-4-8-18(17)24(20)23-19/h1-12H. The van der Waals surface area contributed by atoms with Crippen molar-refractivity contribution in [2.75, 3.05) is 0 Å². The van der Waals surface area contributed by atoms with Crippen LogP contribution in [0.15, 0.2) is 72.8 Å². The number of aromatic nitrogens is 3. The quantitative estimate of drug-likeness (QED) is 0.414. The zero-order valence-corrected chi connectivity index (χ0v) is 13.4. The first-order valence-electron chi connectivity index (χ1n) is 7.73. The summed E-state index contributed by atoms with van der Waals surface area (Å²) < 4.78 is 1.93. The van der Waals surface area contributed by atoms with Crippen molar-refractivity contribution in [3.63, 3.8) is 0 Å². The van der Waals surface area contributed by atoms with Gasteiger partial charge in [0.05, 0.1) is 16.7 Å². The van der Waals surface area contributed by atoms with Crippen molar-refractivity contribution in [1.29, 1.82) is 0 Å². The van der Waals surface area contributed by atoms with Gasteiger partial charge in [-0.05, 0) is 24.3 Å². The maximum Gasteiger partial charge on any atom is 0.162 e. The van der Waals surface area contributed by atoms with Gasteiger partial charge < -0.3 is 0 Å². The Bertz CT molecular complexity index is 1210. The zero-order chi connectivity index (χ0) is 16.1. The molecule has 5 aromatic rings. The second-order valence-corrected chi connectivity index (χ2v) is 6.17. The molecule has 0 aliphatic heterocycles. The third kappa shape index (κ3) is 1.92. The highest BCUT2D eigenvalue weighted by Crippen LogP contribution is 2.31. The molecular weight excluding hydrogens is 318 g/mol. The van der Waals surface area contributed by atoms with Crippen molar-refractivity contribution < 1.29 is 0 Å². The smallest absolute Gasteiger partial charge is 0.162 e. The monoisotopic (exact) mass is 329 g/mol. The second-order valence-electron chi connectivity index (χ2n) is 5.74. The van der Waals surface area contributed by atoms with E-state index in [4.69, 9.17) is 21.7 Å². The van der Waals surface area contributed by atoms with E-state index in [1.54, 1.807) is 0 Å². The minimum absolute atomic E-state index is 0.720. The Kier molecular flexibility index (Phi) is 2.84. The lowest BCUT2D eigenvalue weighted by Gasteiger charge is -2.08. The van der Waals surface area contributed by atoms with Crippen LogP contribution in [0.25, 0.3) is 38.7 Å². The summed E-state index contributed by atoms with van der Waals surface area (Å²) in [5, 5.41) is 7.80. The van der Waals surface area contributed by atoms with E-state index in [9.17, 15) is 0 Å². The van der Waals surface area contributed by atoms with Gasteiger partial charge in [-0.3, -0.25) is 0 Å². The van der Waals surface area contributed by atoms with E-state index in [1.807, 2.05) is 65.2 Å². The first-order chi connectivity index (χ1) is 11.8. The molecule has 0 aliphatic rings. The molecule has 0 atom stereocenters. The number of nitrogens with zero attached hydrogens (tertiary/aromatic N) is 3. The van der Waals surface area contributed by atoms with Gasteiger partial charge in [-0.2, -0.15) is 5.10 Å². The minimum Gasteiger partial charge on any atom is -0.226 e. The summed E-state index contributed by atoms with van der Waals surface area (Å²) in [6.45, 7) is 0. The van der Waals surface area contributed by atoms with E-state index >= 15 is 0 Å². The molecule has 2 aromatic heterocycles. The molecular formula is C20H12ClN3. The Morgan fingerprint density at radius 3 is 2.29 bits per heavy atom. The van der Waals surface area contributed by atoms with Gasteiger partial charge >= 0.3 is 0 Å². The molecule has 5 rings (SSSR count). The van der Waals surface area contributed by atoms with Gasteiger partial charge in [0.25, 0.3) is 0 Å². The number of hydrogen-bond donors (Lipinski definition) is 0. The highest BCUT2D eigenvalue weighted by atomic mass is 35.5. The van der Waals surface area contributed by atoms with Gasteiger partial charge in [-0.25, -0.2) is 9.50 Å². The lowest BCUT2D eigenvalue weighted by atomic mass is 10.1. The molecule has 3 nitrogen and oxygen atoms in total. The summed E-state index contributed by atoms with van der Waals surface area (Å²) >= 11 is 6.04. The maximum atomic E-state index is 6.04. The van der Waals surface area contributed by atoms with Gasteiger partial charge in [0.1, 0.15) is 0 Å². The molecule has 0 fully saturated rings. The first kappa shape index (κ1) is 13.5. The fourth-order valence-corrected chi connectivity index (χ4v) is 3.27. The summed E-state index contributed by atoms with van der Waals surface area (Å²) in [6, 6.07) is 24.1. The van der Waals surface area contributed by atoms with Crippen molar-refractivity contribution in [2.24, 2.45) is 0 Å². The Morgan fingerprint density at radius 2 is 1.46 bits per heavy atom. The summed E-state index contributed by atoms with van der Waals surface area (Å²) in [7, 11) is 0. The molecule has 0 radical (unpaired) electrons. The summed E-state index contributed by atoms with van der Waals surface area (Å²) in [4.78, 5) is 4.77. The Labute approximate surface area is 143 Å². The maximum absolute atomic E-state index is 6.04. The highest BCUT2D eigenvalue weighted by molar-refractivity contribution is 6.30. The van der Waals surface area contributed by atoms with Crippen molar-refractivity contribution in [1.82, 2.24) is 14.6 Å². The third-order valence-corrected chi connectivity index (χ3v) is 4.53. The van der Waals surface area contributed by atoms with E-state index in [2.05, 4.69) is 12.1 Å². The van der Waals surface area contributed by atoms with Crippen LogP contribution in [0.5, 0.6) is 0 Å². The molecule has 4 heteroatoms. The van der Waals surface area contributed by atoms with Crippen LogP contribution < -0.4 is 0 Å². The fourth-order valence-electron chi connectivity index (χ4n) is 3.15. The Hall–Kier alpha value is -2.91. The van der Waals surface area contributed by atoms with E-state index in [0.717, 1.165) is 43.7 Å². The molecule has 3 aromatic carbocycles. The third-order valence-electron chi connectivity index (χ3n) is 4.28. The molecule has 0 aliphatic carbocycles. The number of rotatable bonds is 1. The van der Waals surface area contributed by atoms with Gasteiger partial charge in [0.2, 0.25) is 0 Å². The van der Waals surface area contributed by atoms with Crippen molar-refractivity contribution in [3.05, 3.63) is 77.8 Å². The van der Waals surface area contributed by atoms with Crippen molar-refractivity contribution >= 4 is 39.1 Å². The molecule has 24 heavy (non-hydrogen) atoms. The fraction of sp³-hybridized carbons (Fsp3) is 0. The van der Waals surface area contributed by atoms with Crippen LogP contribution in [-0.4, -0.2) is 14.6 Å². The lowest BCUT2D eigenvalue weighted by Crippen LogP contribution is -1.97. The number of benzene rings is 3. The largest absolute Gasteiger partial charge is 0.226 e. The van der Waals surface area contributed by atoms with Crippen molar-refractivity contribution in [2.45, 2.75) is 0 Å². The topological polar surface area (TPSA) is 30.2 Å². The zero-order valence-electron chi connectivity index (χ0n) is 12.6. The van der Waals surface area contributed by atoms with E-state index in [-0.39, 0.29) is 0 Å². The molecule has 0 unspecified atom stereocenters. The molecule has 0 amide bonds. The minimum atomic E-state index is 0.720. The van der Waals surface area contributed by atoms with Gasteiger partial charge in [0, 0.05) is 21.4 Å². The summed E-state index contributed by atoms with van der Waals surface area (Å²) in [5.41, 5.74) is 4.80. The van der Waals surface area contributed by atoms with Crippen LogP contribution >= 0.6 is 11.6 Å². The molecule has 0 saturated heterocycles. The number of hydrogen-bond acceptors (Lipinski definition) is 2. The summed E-state index contributed by atoms with van der Waals surface area (Å²) in [5.74, 6) is 0. The number of halogens is 1. The SMILES string of the molecule is Clc1ccc(-c2nn3c4ccccc4nc3c3ccccc23)cc1. The highest BCUT2D eigenvalue weighted by Gasteiger charge is 2.13. The van der Waals surface area contributed by atoms with Gasteiger partial charge in [-0.15, -0.1) is 0 Å². The predicted molar refractivity (Wildman–Crippen MR) is 98.4 cm³/mol. The average molecular weight is 330 g/mol. The number of para-hydroxylation sites is 2. The van der Waals surface area contributed by atoms with Crippen LogP contribution in [0, 0.1) is 0 Å². The molecule has 2 heterocycles. The predicted octanol–water partition coefficient (Wildman–Crippen LogP) is 5.36. The molecule has 0 saturated carbocycles. The van der Waals surface area contributed by atoms with Crippen LogP contribution in [-0.2, 0) is 0 Å². The van der Waals surface area contributed by atoms with Crippen molar-refractivity contribution in [3.8, 4) is 11.3 Å². The van der Waals surface area contributed by atoms with Crippen LogP contribution in [0.4, 0.5) is 0 Å². The molecule has 0 N–H and O–H groups in total. The molecule has 114 valence electrons. The average Bonchev–Trinajstić information content (AvgIpc) is 3.01. The van der Waals surface area contributed by atoms with E-state index in [0.29, 0.717) is 0 Å². The Morgan fingerprint density at radius 1 is 0.750 bits per heavy atom.